The first-order valence-electron chi connectivity index (χ1n) is 7.05. The molecule has 1 aliphatic heterocycles. The van der Waals surface area contributed by atoms with E-state index in [1.807, 2.05) is 4.90 Å². The summed E-state index contributed by atoms with van der Waals surface area (Å²) < 4.78 is 0. The Balaban J connectivity index is 2.22. The molecular formula is C15H21N3O2. The lowest BCUT2D eigenvalue weighted by molar-refractivity contribution is 0.0692. The average molecular weight is 275 g/mol. The fraction of sp³-hybridized carbons (Fsp3) is 0.467. The van der Waals surface area contributed by atoms with Gasteiger partial charge in [0.05, 0.1) is 0 Å². The standard InChI is InChI=1S/C15H21N3O2/c1-2-8-18(13-6-7-17-10-13)15(20)12-5-3-4-11(9-12)14(16)19/h3-5,9,13,17H,2,6-8,10H2,1H3,(H2,16,19). The molecule has 2 rings (SSSR count). The highest BCUT2D eigenvalue weighted by Crippen LogP contribution is 2.15. The summed E-state index contributed by atoms with van der Waals surface area (Å²) in [5.74, 6) is -0.534. The minimum atomic E-state index is -0.510. The van der Waals surface area contributed by atoms with Crippen LogP contribution in [-0.2, 0) is 0 Å². The van der Waals surface area contributed by atoms with Gasteiger partial charge in [-0.25, -0.2) is 0 Å². The van der Waals surface area contributed by atoms with Crippen LogP contribution in [0.1, 0.15) is 40.5 Å². The largest absolute Gasteiger partial charge is 0.366 e. The van der Waals surface area contributed by atoms with E-state index in [0.717, 1.165) is 32.5 Å². The molecule has 5 nitrogen and oxygen atoms in total. The Morgan fingerprint density at radius 1 is 1.40 bits per heavy atom. The number of amides is 2. The van der Waals surface area contributed by atoms with Crippen LogP contribution in [0.5, 0.6) is 0 Å². The maximum Gasteiger partial charge on any atom is 0.254 e. The van der Waals surface area contributed by atoms with Crippen molar-refractivity contribution in [3.8, 4) is 0 Å². The van der Waals surface area contributed by atoms with Crippen LogP contribution in [-0.4, -0.2) is 42.4 Å². The zero-order valence-electron chi connectivity index (χ0n) is 11.8. The minimum Gasteiger partial charge on any atom is -0.366 e. The molecule has 1 aromatic carbocycles. The molecule has 3 N–H and O–H groups in total. The quantitative estimate of drug-likeness (QED) is 0.841. The number of rotatable bonds is 5. The van der Waals surface area contributed by atoms with Crippen molar-refractivity contribution in [3.05, 3.63) is 35.4 Å². The second kappa shape index (κ2) is 6.52. The first kappa shape index (κ1) is 14.5. The van der Waals surface area contributed by atoms with Crippen LogP contribution in [0, 0.1) is 0 Å². The predicted octanol–water partition coefficient (Wildman–Crippen LogP) is 1.000. The van der Waals surface area contributed by atoms with Crippen LogP contribution >= 0.6 is 0 Å². The van der Waals surface area contributed by atoms with Crippen LogP contribution in [0.2, 0.25) is 0 Å². The summed E-state index contributed by atoms with van der Waals surface area (Å²) in [5, 5.41) is 3.28. The number of nitrogens with zero attached hydrogens (tertiary/aromatic N) is 1. The maximum absolute atomic E-state index is 12.6. The maximum atomic E-state index is 12.6. The normalized spacial score (nSPS) is 17.9. The van der Waals surface area contributed by atoms with Gasteiger partial charge in [0.15, 0.2) is 0 Å². The molecule has 20 heavy (non-hydrogen) atoms. The third-order valence-corrected chi connectivity index (χ3v) is 3.59. The first-order valence-corrected chi connectivity index (χ1v) is 7.05. The Bertz CT molecular complexity index is 496. The fourth-order valence-electron chi connectivity index (χ4n) is 2.57. The smallest absolute Gasteiger partial charge is 0.254 e. The summed E-state index contributed by atoms with van der Waals surface area (Å²) >= 11 is 0. The van der Waals surface area contributed by atoms with Crippen LogP contribution in [0.3, 0.4) is 0 Å². The van der Waals surface area contributed by atoms with E-state index in [2.05, 4.69) is 12.2 Å². The molecule has 1 saturated heterocycles. The molecule has 0 radical (unpaired) electrons. The van der Waals surface area contributed by atoms with Gasteiger partial charge < -0.3 is 16.0 Å². The van der Waals surface area contributed by atoms with Gasteiger partial charge in [-0.1, -0.05) is 13.0 Å². The lowest BCUT2D eigenvalue weighted by Crippen LogP contribution is -2.42. The van der Waals surface area contributed by atoms with Crippen molar-refractivity contribution in [2.75, 3.05) is 19.6 Å². The third-order valence-electron chi connectivity index (χ3n) is 3.59. The average Bonchev–Trinajstić information content (AvgIpc) is 2.98. The van der Waals surface area contributed by atoms with Gasteiger partial charge >= 0.3 is 0 Å². The monoisotopic (exact) mass is 275 g/mol. The molecule has 1 atom stereocenters. The summed E-state index contributed by atoms with van der Waals surface area (Å²) in [7, 11) is 0. The molecule has 0 aliphatic carbocycles. The van der Waals surface area contributed by atoms with Gasteiger partial charge in [-0.3, -0.25) is 9.59 Å². The van der Waals surface area contributed by atoms with E-state index in [4.69, 9.17) is 5.73 Å². The van der Waals surface area contributed by atoms with E-state index >= 15 is 0 Å². The zero-order chi connectivity index (χ0) is 14.5. The molecular weight excluding hydrogens is 254 g/mol. The predicted molar refractivity (Wildman–Crippen MR) is 77.6 cm³/mol. The second-order valence-electron chi connectivity index (χ2n) is 5.09. The summed E-state index contributed by atoms with van der Waals surface area (Å²) in [4.78, 5) is 25.8. The molecule has 1 unspecified atom stereocenters. The summed E-state index contributed by atoms with van der Waals surface area (Å²) in [5.41, 5.74) is 6.17. The van der Waals surface area contributed by atoms with E-state index in [0.29, 0.717) is 11.1 Å². The number of carbonyl (C=O) groups excluding carboxylic acids is 2. The van der Waals surface area contributed by atoms with Crippen molar-refractivity contribution in [3.63, 3.8) is 0 Å². The van der Waals surface area contributed by atoms with Crippen LogP contribution in [0.4, 0.5) is 0 Å². The van der Waals surface area contributed by atoms with Crippen molar-refractivity contribution in [2.24, 2.45) is 5.73 Å². The van der Waals surface area contributed by atoms with Gasteiger partial charge in [0.25, 0.3) is 5.91 Å². The molecule has 0 spiro atoms. The molecule has 0 bridgehead atoms. The van der Waals surface area contributed by atoms with Crippen LogP contribution in [0.25, 0.3) is 0 Å². The highest BCUT2D eigenvalue weighted by atomic mass is 16.2. The van der Waals surface area contributed by atoms with Crippen molar-refractivity contribution < 1.29 is 9.59 Å². The number of nitrogens with two attached hydrogens (primary N) is 1. The lowest BCUT2D eigenvalue weighted by atomic mass is 10.1. The van der Waals surface area contributed by atoms with E-state index < -0.39 is 5.91 Å². The third kappa shape index (κ3) is 3.17. The molecule has 1 aromatic rings. The Hall–Kier alpha value is -1.88. The first-order chi connectivity index (χ1) is 9.63. The van der Waals surface area contributed by atoms with Gasteiger partial charge in [-0.15, -0.1) is 0 Å². The van der Waals surface area contributed by atoms with Crippen molar-refractivity contribution >= 4 is 11.8 Å². The van der Waals surface area contributed by atoms with Gasteiger partial charge in [0.1, 0.15) is 0 Å². The van der Waals surface area contributed by atoms with Gasteiger partial charge in [-0.05, 0) is 37.6 Å². The number of nitrogens with one attached hydrogen (secondary N) is 1. The molecule has 1 heterocycles. The Labute approximate surface area is 119 Å². The van der Waals surface area contributed by atoms with E-state index in [1.54, 1.807) is 24.3 Å². The zero-order valence-corrected chi connectivity index (χ0v) is 11.8. The number of benzene rings is 1. The van der Waals surface area contributed by atoms with Crippen molar-refractivity contribution in [1.82, 2.24) is 10.2 Å². The number of hydrogen-bond donors (Lipinski definition) is 2. The van der Waals surface area contributed by atoms with Crippen molar-refractivity contribution in [1.29, 1.82) is 0 Å². The molecule has 108 valence electrons. The molecule has 1 aliphatic rings. The number of carbonyl (C=O) groups is 2. The second-order valence-corrected chi connectivity index (χ2v) is 5.09. The lowest BCUT2D eigenvalue weighted by Gasteiger charge is -2.28. The summed E-state index contributed by atoms with van der Waals surface area (Å²) in [6, 6.07) is 6.87. The highest BCUT2D eigenvalue weighted by Gasteiger charge is 2.26. The molecule has 1 fully saturated rings. The van der Waals surface area contributed by atoms with Crippen LogP contribution in [0.15, 0.2) is 24.3 Å². The SMILES string of the molecule is CCCN(C(=O)c1cccc(C(N)=O)c1)C1CCNC1. The summed E-state index contributed by atoms with van der Waals surface area (Å²) in [6.45, 7) is 4.56. The van der Waals surface area contributed by atoms with Crippen LogP contribution < -0.4 is 11.1 Å². The van der Waals surface area contributed by atoms with Gasteiger partial charge in [-0.2, -0.15) is 0 Å². The molecule has 0 aromatic heterocycles. The number of primary amides is 1. The topological polar surface area (TPSA) is 75.4 Å². The number of hydrogen-bond acceptors (Lipinski definition) is 3. The van der Waals surface area contributed by atoms with Crippen molar-refractivity contribution in [2.45, 2.75) is 25.8 Å². The summed E-state index contributed by atoms with van der Waals surface area (Å²) in [6.07, 6.45) is 1.89. The molecule has 2 amide bonds. The van der Waals surface area contributed by atoms with Gasteiger partial charge in [0, 0.05) is 30.3 Å². The Kier molecular flexibility index (Phi) is 4.74. The van der Waals surface area contributed by atoms with Gasteiger partial charge in [0.2, 0.25) is 5.91 Å². The highest BCUT2D eigenvalue weighted by molar-refractivity contribution is 5.99. The van der Waals surface area contributed by atoms with E-state index in [-0.39, 0.29) is 11.9 Å². The Morgan fingerprint density at radius 3 is 2.75 bits per heavy atom. The molecule has 0 saturated carbocycles. The Morgan fingerprint density at radius 2 is 2.15 bits per heavy atom. The van der Waals surface area contributed by atoms with E-state index in [1.165, 1.54) is 0 Å². The fourth-order valence-corrected chi connectivity index (χ4v) is 2.57. The van der Waals surface area contributed by atoms with E-state index in [9.17, 15) is 9.59 Å². The minimum absolute atomic E-state index is 0.0244. The molecule has 5 heteroatoms.